The van der Waals surface area contributed by atoms with Crippen LogP contribution in [0.5, 0.6) is 0 Å². The monoisotopic (exact) mass is 426 g/mol. The third-order valence-electron chi connectivity index (χ3n) is 5.29. The number of rotatable bonds is 10. The summed E-state index contributed by atoms with van der Waals surface area (Å²) in [6.07, 6.45) is 3.01. The molecule has 0 amide bonds. The fourth-order valence-electron chi connectivity index (χ4n) is 3.63. The summed E-state index contributed by atoms with van der Waals surface area (Å²) < 4.78 is 39.6. The lowest BCUT2D eigenvalue weighted by atomic mass is 10.0. The predicted molar refractivity (Wildman–Crippen MR) is 116 cm³/mol. The van der Waals surface area contributed by atoms with Gasteiger partial charge in [-0.05, 0) is 52.4 Å². The molecular formula is C22H36F2N4O2. The number of piperidine rings is 1. The Bertz CT molecular complexity index is 644. The van der Waals surface area contributed by atoms with E-state index in [-0.39, 0.29) is 18.2 Å². The number of guanidine groups is 1. The van der Waals surface area contributed by atoms with E-state index in [0.29, 0.717) is 13.2 Å². The van der Waals surface area contributed by atoms with Gasteiger partial charge in [-0.15, -0.1) is 0 Å². The van der Waals surface area contributed by atoms with Crippen LogP contribution < -0.4 is 5.32 Å². The minimum Gasteiger partial charge on any atom is -0.385 e. The van der Waals surface area contributed by atoms with E-state index in [4.69, 9.17) is 14.5 Å². The molecule has 1 fully saturated rings. The van der Waals surface area contributed by atoms with Crippen LogP contribution in [0.3, 0.4) is 0 Å². The van der Waals surface area contributed by atoms with Gasteiger partial charge in [0.05, 0.1) is 18.7 Å². The first kappa shape index (κ1) is 24.5. The van der Waals surface area contributed by atoms with Crippen molar-refractivity contribution in [2.75, 3.05) is 60.6 Å². The highest BCUT2D eigenvalue weighted by atomic mass is 19.1. The minimum atomic E-state index is -0.541. The van der Waals surface area contributed by atoms with Gasteiger partial charge in [0, 0.05) is 45.5 Å². The molecule has 0 radical (unpaired) electrons. The second kappa shape index (κ2) is 12.8. The van der Waals surface area contributed by atoms with Crippen LogP contribution in [-0.2, 0) is 9.47 Å². The van der Waals surface area contributed by atoms with Crippen molar-refractivity contribution in [1.82, 2.24) is 15.1 Å². The molecule has 1 atom stereocenters. The van der Waals surface area contributed by atoms with Crippen LogP contribution in [0.4, 0.5) is 8.78 Å². The van der Waals surface area contributed by atoms with Crippen LogP contribution in [-0.4, -0.2) is 82.5 Å². The van der Waals surface area contributed by atoms with E-state index in [0.717, 1.165) is 44.9 Å². The van der Waals surface area contributed by atoms with E-state index >= 15 is 0 Å². The Morgan fingerprint density at radius 1 is 1.23 bits per heavy atom. The molecule has 1 aromatic rings. The third kappa shape index (κ3) is 7.18. The number of likely N-dealkylation sites (tertiary alicyclic amines) is 1. The van der Waals surface area contributed by atoms with Gasteiger partial charge in [0.2, 0.25) is 0 Å². The van der Waals surface area contributed by atoms with Crippen LogP contribution >= 0.6 is 0 Å². The highest BCUT2D eigenvalue weighted by Crippen LogP contribution is 2.25. The summed E-state index contributed by atoms with van der Waals surface area (Å²) >= 11 is 0. The standard InChI is InChI=1S/C22H36F2N4O2/c1-5-25-22(28-12-10-17(11-13-28)30-15-7-14-29-4)26-16-20(27(2)3)21-18(23)8-6-9-19(21)24/h6,8-9,17,20H,5,7,10-16H2,1-4H3,(H,25,26). The minimum absolute atomic E-state index is 0.0604. The Labute approximate surface area is 179 Å². The third-order valence-corrected chi connectivity index (χ3v) is 5.29. The van der Waals surface area contributed by atoms with Gasteiger partial charge in [-0.3, -0.25) is 4.99 Å². The fourth-order valence-corrected chi connectivity index (χ4v) is 3.63. The Kier molecular flexibility index (Phi) is 10.5. The summed E-state index contributed by atoms with van der Waals surface area (Å²) in [6, 6.07) is 3.49. The zero-order chi connectivity index (χ0) is 21.9. The van der Waals surface area contributed by atoms with Gasteiger partial charge in [0.15, 0.2) is 5.96 Å². The van der Waals surface area contributed by atoms with E-state index < -0.39 is 17.7 Å². The largest absolute Gasteiger partial charge is 0.385 e. The maximum Gasteiger partial charge on any atom is 0.193 e. The molecular weight excluding hydrogens is 390 g/mol. The molecule has 0 aliphatic carbocycles. The zero-order valence-electron chi connectivity index (χ0n) is 18.7. The molecule has 170 valence electrons. The molecule has 1 aliphatic rings. The van der Waals surface area contributed by atoms with Crippen molar-refractivity contribution in [3.05, 3.63) is 35.4 Å². The molecule has 1 N–H and O–H groups in total. The van der Waals surface area contributed by atoms with Crippen molar-refractivity contribution in [3.8, 4) is 0 Å². The zero-order valence-corrected chi connectivity index (χ0v) is 18.7. The Morgan fingerprint density at radius 3 is 2.47 bits per heavy atom. The number of ether oxygens (including phenoxy) is 2. The van der Waals surface area contributed by atoms with Gasteiger partial charge in [0.25, 0.3) is 0 Å². The van der Waals surface area contributed by atoms with E-state index in [2.05, 4.69) is 10.2 Å². The summed E-state index contributed by atoms with van der Waals surface area (Å²) in [5.41, 5.74) is 0.0604. The molecule has 1 unspecified atom stereocenters. The number of methoxy groups -OCH3 is 1. The number of nitrogens with one attached hydrogen (secondary N) is 1. The number of hydrogen-bond acceptors (Lipinski definition) is 4. The maximum atomic E-state index is 14.3. The van der Waals surface area contributed by atoms with Crippen LogP contribution in [0.25, 0.3) is 0 Å². The first-order valence-electron chi connectivity index (χ1n) is 10.7. The normalized spacial score (nSPS) is 16.9. The Hall–Kier alpha value is -1.77. The summed E-state index contributed by atoms with van der Waals surface area (Å²) in [5, 5.41) is 3.31. The molecule has 1 saturated heterocycles. The van der Waals surface area contributed by atoms with Gasteiger partial charge in [-0.1, -0.05) is 6.07 Å². The number of benzene rings is 1. The van der Waals surface area contributed by atoms with Gasteiger partial charge in [-0.2, -0.15) is 0 Å². The van der Waals surface area contributed by atoms with Crippen LogP contribution in [0, 0.1) is 11.6 Å². The Balaban J connectivity index is 2.01. The summed E-state index contributed by atoms with van der Waals surface area (Å²) in [4.78, 5) is 8.73. The highest BCUT2D eigenvalue weighted by molar-refractivity contribution is 5.80. The van der Waals surface area contributed by atoms with Crippen molar-refractivity contribution in [2.24, 2.45) is 4.99 Å². The van der Waals surface area contributed by atoms with Crippen molar-refractivity contribution in [1.29, 1.82) is 0 Å². The molecule has 0 spiro atoms. The van der Waals surface area contributed by atoms with Crippen LogP contribution in [0.2, 0.25) is 0 Å². The van der Waals surface area contributed by atoms with Crippen molar-refractivity contribution < 1.29 is 18.3 Å². The van der Waals surface area contributed by atoms with E-state index in [1.165, 1.54) is 18.2 Å². The second-order valence-corrected chi connectivity index (χ2v) is 7.71. The summed E-state index contributed by atoms with van der Waals surface area (Å²) in [6.45, 7) is 6.11. The SMILES string of the molecule is CCNC(=NCC(c1c(F)cccc1F)N(C)C)N1CCC(OCCCOC)CC1. The fraction of sp³-hybridized carbons (Fsp3) is 0.682. The van der Waals surface area contributed by atoms with Gasteiger partial charge < -0.3 is 24.6 Å². The number of likely N-dealkylation sites (N-methyl/N-ethyl adjacent to an activating group) is 1. The van der Waals surface area contributed by atoms with Crippen molar-refractivity contribution in [3.63, 3.8) is 0 Å². The quantitative estimate of drug-likeness (QED) is 0.354. The van der Waals surface area contributed by atoms with E-state index in [1.54, 1.807) is 12.0 Å². The molecule has 30 heavy (non-hydrogen) atoms. The van der Waals surface area contributed by atoms with Crippen molar-refractivity contribution in [2.45, 2.75) is 38.3 Å². The molecule has 6 nitrogen and oxygen atoms in total. The number of aliphatic imine (C=N–C) groups is 1. The molecule has 0 aromatic heterocycles. The lowest BCUT2D eigenvalue weighted by molar-refractivity contribution is 0.00989. The lowest BCUT2D eigenvalue weighted by Crippen LogP contribution is -2.47. The molecule has 0 saturated carbocycles. The molecule has 0 bridgehead atoms. The number of halogens is 2. The topological polar surface area (TPSA) is 49.3 Å². The predicted octanol–water partition coefficient (Wildman–Crippen LogP) is 3.05. The van der Waals surface area contributed by atoms with Gasteiger partial charge in [0.1, 0.15) is 11.6 Å². The average Bonchev–Trinajstić information content (AvgIpc) is 2.72. The first-order valence-corrected chi connectivity index (χ1v) is 10.7. The maximum absolute atomic E-state index is 14.3. The molecule has 1 aromatic carbocycles. The van der Waals surface area contributed by atoms with Crippen LogP contribution in [0.1, 0.15) is 37.8 Å². The molecule has 2 rings (SSSR count). The number of hydrogen-bond donors (Lipinski definition) is 1. The van der Waals surface area contributed by atoms with Gasteiger partial charge in [-0.25, -0.2) is 8.78 Å². The highest BCUT2D eigenvalue weighted by Gasteiger charge is 2.24. The van der Waals surface area contributed by atoms with Crippen LogP contribution in [0.15, 0.2) is 23.2 Å². The lowest BCUT2D eigenvalue weighted by Gasteiger charge is -2.34. The average molecular weight is 427 g/mol. The van der Waals surface area contributed by atoms with E-state index in [9.17, 15) is 8.78 Å². The summed E-state index contributed by atoms with van der Waals surface area (Å²) in [5.74, 6) is -0.306. The Morgan fingerprint density at radius 2 is 1.90 bits per heavy atom. The van der Waals surface area contributed by atoms with Crippen molar-refractivity contribution >= 4 is 5.96 Å². The van der Waals surface area contributed by atoms with Gasteiger partial charge >= 0.3 is 0 Å². The second-order valence-electron chi connectivity index (χ2n) is 7.71. The molecule has 1 aliphatic heterocycles. The smallest absolute Gasteiger partial charge is 0.193 e. The summed E-state index contributed by atoms with van der Waals surface area (Å²) in [7, 11) is 5.32. The first-order chi connectivity index (χ1) is 14.5. The molecule has 1 heterocycles. The molecule has 8 heteroatoms. The van der Waals surface area contributed by atoms with E-state index in [1.807, 2.05) is 21.0 Å². The number of nitrogens with zero attached hydrogens (tertiary/aromatic N) is 3.